The largest absolute Gasteiger partial charge is 0.523 e. The molecule has 17 heteroatoms. The second-order valence-corrected chi connectivity index (χ2v) is 12.5. The van der Waals surface area contributed by atoms with Gasteiger partial charge in [-0.15, -0.1) is 0 Å². The normalized spacial score (nSPS) is 20.0. The maximum atomic E-state index is 14.3. The first kappa shape index (κ1) is 33.9. The van der Waals surface area contributed by atoms with Gasteiger partial charge in [-0.05, 0) is 16.7 Å². The number of carbonyl (C=O) groups excluding carboxylic acids is 1. The molecule has 49 heavy (non-hydrogen) atoms. The second-order valence-electron chi connectivity index (χ2n) is 10.9. The molecule has 2 aromatic heterocycles. The molecular weight excluding hydrogens is 674 g/mol. The first-order valence-electron chi connectivity index (χ1n) is 14.6. The van der Waals surface area contributed by atoms with Gasteiger partial charge in [0.1, 0.15) is 11.7 Å². The molecule has 12 nitrogen and oxygen atoms in total. The maximum Gasteiger partial charge on any atom is 0.523 e. The monoisotopic (exact) mass is 701 g/mol. The van der Waals surface area contributed by atoms with Gasteiger partial charge >= 0.3 is 27.7 Å². The Morgan fingerprint density at radius 1 is 0.898 bits per heavy atom. The van der Waals surface area contributed by atoms with Gasteiger partial charge in [-0.25, -0.2) is 4.98 Å². The molecule has 4 atom stereocenters. The summed E-state index contributed by atoms with van der Waals surface area (Å²) in [6, 6.07) is 27.1. The number of rotatable bonds is 10. The van der Waals surface area contributed by atoms with Crippen LogP contribution in [0.15, 0.2) is 97.3 Å². The number of nitrogens with zero attached hydrogens (tertiary/aromatic N) is 4. The van der Waals surface area contributed by atoms with Gasteiger partial charge in [-0.3, -0.25) is 13.5 Å². The number of anilines is 1. The van der Waals surface area contributed by atoms with E-state index >= 15 is 0 Å². The third-order valence-corrected chi connectivity index (χ3v) is 8.85. The Morgan fingerprint density at radius 2 is 1.43 bits per heavy atom. The van der Waals surface area contributed by atoms with Crippen LogP contribution < -0.4 is 5.73 Å². The molecule has 3 heterocycles. The molecule has 2 N–H and O–H groups in total. The first-order chi connectivity index (χ1) is 23.3. The number of imidazole rings is 1. The van der Waals surface area contributed by atoms with Crippen molar-refractivity contribution in [1.82, 2.24) is 19.5 Å². The average molecular weight is 702 g/mol. The summed E-state index contributed by atoms with van der Waals surface area (Å²) in [7, 11) is -6.32. The minimum absolute atomic E-state index is 0.164. The van der Waals surface area contributed by atoms with Crippen molar-refractivity contribution in [1.29, 1.82) is 0 Å². The fraction of sp³-hybridized carbons (Fsp3) is 0.250. The highest BCUT2D eigenvalue weighted by molar-refractivity contribution is 7.87. The van der Waals surface area contributed by atoms with Gasteiger partial charge < -0.3 is 19.9 Å². The molecule has 0 bridgehead atoms. The second kappa shape index (κ2) is 13.1. The van der Waals surface area contributed by atoms with E-state index in [4.69, 9.17) is 24.1 Å². The number of carbonyl (C=O) groups is 1. The lowest BCUT2D eigenvalue weighted by Crippen LogP contribution is -2.44. The van der Waals surface area contributed by atoms with Gasteiger partial charge in [0.2, 0.25) is 0 Å². The molecule has 1 fully saturated rings. The molecule has 0 radical (unpaired) electrons. The van der Waals surface area contributed by atoms with Crippen LogP contribution in [0.5, 0.6) is 0 Å². The first-order valence-corrected chi connectivity index (χ1v) is 16.0. The Labute approximate surface area is 276 Å². The predicted octanol–water partition coefficient (Wildman–Crippen LogP) is 4.62. The van der Waals surface area contributed by atoms with Crippen molar-refractivity contribution in [2.75, 3.05) is 12.3 Å². The van der Waals surface area contributed by atoms with Crippen LogP contribution in [-0.4, -0.2) is 64.3 Å². The van der Waals surface area contributed by atoms with Gasteiger partial charge in [0.25, 0.3) is 0 Å². The number of nitrogens with two attached hydrogens (primary N) is 1. The highest BCUT2D eigenvalue weighted by Gasteiger charge is 2.57. The van der Waals surface area contributed by atoms with Crippen LogP contribution in [0.4, 0.5) is 23.4 Å². The van der Waals surface area contributed by atoms with Crippen LogP contribution in [0, 0.1) is 6.08 Å². The summed E-state index contributed by atoms with van der Waals surface area (Å²) in [5.74, 6) is -1.40. The van der Waals surface area contributed by atoms with Crippen LogP contribution in [0.2, 0.25) is 0 Å². The van der Waals surface area contributed by atoms with Crippen molar-refractivity contribution in [2.45, 2.75) is 42.6 Å². The van der Waals surface area contributed by atoms with E-state index in [0.29, 0.717) is 16.7 Å². The van der Waals surface area contributed by atoms with E-state index in [1.54, 1.807) is 36.4 Å². The quantitative estimate of drug-likeness (QED) is 0.0541. The van der Waals surface area contributed by atoms with Gasteiger partial charge in [0, 0.05) is 6.92 Å². The predicted molar refractivity (Wildman–Crippen MR) is 164 cm³/mol. The topological polar surface area (TPSA) is 158 Å². The van der Waals surface area contributed by atoms with E-state index in [-0.39, 0.29) is 11.2 Å². The molecule has 0 aliphatic carbocycles. The van der Waals surface area contributed by atoms with Crippen molar-refractivity contribution in [3.63, 3.8) is 0 Å². The zero-order valence-corrected chi connectivity index (χ0v) is 26.2. The Kier molecular flexibility index (Phi) is 9.10. The van der Waals surface area contributed by atoms with E-state index in [2.05, 4.69) is 15.0 Å². The molecule has 0 amide bonds. The van der Waals surface area contributed by atoms with Crippen LogP contribution >= 0.6 is 0 Å². The summed E-state index contributed by atoms with van der Waals surface area (Å²) in [6.07, 6.45) is -7.65. The van der Waals surface area contributed by atoms with Crippen molar-refractivity contribution < 1.29 is 49.2 Å². The lowest BCUT2D eigenvalue weighted by molar-refractivity contribution is -0.155. The molecular formula is C32H27F4N5O7S. The van der Waals surface area contributed by atoms with E-state index in [1.165, 1.54) is 0 Å². The molecule has 1 aliphatic heterocycles. The van der Waals surface area contributed by atoms with E-state index in [1.807, 2.05) is 54.6 Å². The minimum Gasteiger partial charge on any atom is -0.457 e. The molecule has 5 aromatic rings. The van der Waals surface area contributed by atoms with E-state index in [0.717, 1.165) is 17.8 Å². The molecule has 0 saturated carbocycles. The third-order valence-electron chi connectivity index (χ3n) is 7.81. The molecule has 6 rings (SSSR count). The molecule has 0 spiro atoms. The molecule has 1 saturated heterocycles. The number of aromatic nitrogens is 4. The summed E-state index contributed by atoms with van der Waals surface area (Å²) in [5.41, 5.74) is -0.0255. The molecule has 256 valence electrons. The van der Waals surface area contributed by atoms with E-state index < -0.39 is 70.2 Å². The standard InChI is InChI=1S/C32H27F4N5O7S/c1-19(42)46-25-23(17-45-31(20-11-5-2-6-12-20,21-13-7-3-8-14-21)22-15-9-4-10-16-22)47-29(26(25)48-49(43,44)32(34,35)36)41-18-38-24-27(37)39-30(33)40-28(24)41/h2-16,18,23,25-26,29H,17H2,1H3,(H2,37,39,40)/t23-,25-,26-,29-/m1/s1. The number of esters is 1. The number of ether oxygens (including phenoxy) is 3. The molecule has 1 aliphatic rings. The number of fused-ring (bicyclic) bond motifs is 1. The highest BCUT2D eigenvalue weighted by Crippen LogP contribution is 2.43. The van der Waals surface area contributed by atoms with Gasteiger partial charge in [0.15, 0.2) is 35.4 Å². The molecule has 0 unspecified atom stereocenters. The fourth-order valence-corrected chi connectivity index (χ4v) is 6.38. The highest BCUT2D eigenvalue weighted by atomic mass is 32.2. The third kappa shape index (κ3) is 6.44. The Balaban J connectivity index is 1.48. The van der Waals surface area contributed by atoms with Crippen LogP contribution in [0.25, 0.3) is 11.2 Å². The summed E-state index contributed by atoms with van der Waals surface area (Å²) < 4.78 is 104. The van der Waals surface area contributed by atoms with Crippen molar-refractivity contribution in [3.8, 4) is 0 Å². The number of benzene rings is 3. The molecule has 3 aromatic carbocycles. The van der Waals surface area contributed by atoms with E-state index in [9.17, 15) is 30.8 Å². The summed E-state index contributed by atoms with van der Waals surface area (Å²) in [6.45, 7) is 0.468. The number of halogens is 4. The lowest BCUT2D eigenvalue weighted by Gasteiger charge is -2.37. The Morgan fingerprint density at radius 3 is 1.92 bits per heavy atom. The maximum absolute atomic E-state index is 14.3. The van der Waals surface area contributed by atoms with Gasteiger partial charge in [0.05, 0.1) is 12.9 Å². The number of alkyl halides is 3. The van der Waals surface area contributed by atoms with Crippen molar-refractivity contribution in [3.05, 3.63) is 120 Å². The van der Waals surface area contributed by atoms with Gasteiger partial charge in [-0.2, -0.15) is 35.9 Å². The average Bonchev–Trinajstić information content (AvgIpc) is 3.63. The number of hydrogen-bond acceptors (Lipinski definition) is 11. The minimum atomic E-state index is -6.32. The zero-order chi connectivity index (χ0) is 35.0. The summed E-state index contributed by atoms with van der Waals surface area (Å²) in [5, 5.41) is 0. The van der Waals surface area contributed by atoms with Gasteiger partial charge in [-0.1, -0.05) is 91.0 Å². The lowest BCUT2D eigenvalue weighted by atomic mass is 9.80. The summed E-state index contributed by atoms with van der Waals surface area (Å²) >= 11 is 0. The smallest absolute Gasteiger partial charge is 0.457 e. The number of hydrogen-bond donors (Lipinski definition) is 1. The number of nitrogen functional groups attached to an aromatic ring is 1. The van der Waals surface area contributed by atoms with Crippen LogP contribution in [-0.2, 0) is 38.9 Å². The fourth-order valence-electron chi connectivity index (χ4n) is 5.78. The van der Waals surface area contributed by atoms with Crippen molar-refractivity contribution in [2.24, 2.45) is 0 Å². The summed E-state index contributed by atoms with van der Waals surface area (Å²) in [4.78, 5) is 23.4. The Bertz CT molecular complexity index is 1960. The van der Waals surface area contributed by atoms with Crippen LogP contribution in [0.1, 0.15) is 29.8 Å². The SMILES string of the molecule is CC(=O)O[C@H]1[C@@H](OS(=O)(=O)C(F)(F)F)[C@H](n2cnc3c(N)nc(F)nc32)O[C@@H]1COC(c1ccccc1)(c1ccccc1)c1ccccc1. The van der Waals surface area contributed by atoms with Crippen LogP contribution in [0.3, 0.4) is 0 Å². The Hall–Kier alpha value is -4.97. The van der Waals surface area contributed by atoms with Crippen molar-refractivity contribution >= 4 is 33.1 Å². The zero-order valence-electron chi connectivity index (χ0n) is 25.4.